The lowest BCUT2D eigenvalue weighted by molar-refractivity contribution is -0.157. The van der Waals surface area contributed by atoms with Gasteiger partial charge in [0.15, 0.2) is 0 Å². The Hall–Kier alpha value is -3.12. The topological polar surface area (TPSA) is 115 Å². The highest BCUT2D eigenvalue weighted by molar-refractivity contribution is 6.76. The average molecular weight is 614 g/mol. The number of aryl methyl sites for hydroxylation is 2. The summed E-state index contributed by atoms with van der Waals surface area (Å²) in [6.45, 7) is 14.6. The van der Waals surface area contributed by atoms with Gasteiger partial charge in [-0.05, 0) is 71.1 Å². The second-order valence-corrected chi connectivity index (χ2v) is 19.9. The predicted octanol–water partition coefficient (Wildman–Crippen LogP) is 4.56. The minimum Gasteiger partial charge on any atom is -0.444 e. The summed E-state index contributed by atoms with van der Waals surface area (Å²) in [7, 11) is -1.31. The third-order valence-corrected chi connectivity index (χ3v) is 10.3. The molecule has 2 aromatic rings. The van der Waals surface area contributed by atoms with E-state index in [4.69, 9.17) is 9.47 Å². The van der Waals surface area contributed by atoms with E-state index in [2.05, 4.69) is 25.0 Å². The number of anilines is 1. The Kier molecular flexibility index (Phi) is 8.81. The van der Waals surface area contributed by atoms with Crippen molar-refractivity contribution >= 4 is 42.7 Å². The van der Waals surface area contributed by atoms with Crippen LogP contribution in [-0.2, 0) is 32.0 Å². The van der Waals surface area contributed by atoms with Gasteiger partial charge in [-0.3, -0.25) is 23.6 Å². The van der Waals surface area contributed by atoms with Crippen LogP contribution in [0.15, 0.2) is 16.9 Å². The predicted molar refractivity (Wildman–Crippen MR) is 168 cm³/mol. The highest BCUT2D eigenvalue weighted by Gasteiger charge is 2.38. The number of rotatable bonds is 8. The van der Waals surface area contributed by atoms with Crippen LogP contribution < -0.4 is 11.0 Å². The SMILES string of the molecule is CC(C)(C)OC(=O)N1CCC(Nc2ccc3c4c2CCCn4c(=O)n3C2CCC(=O)N(COCC[Si](C)(C)C)C2=O)CC1. The van der Waals surface area contributed by atoms with Crippen molar-refractivity contribution in [3.05, 3.63) is 28.2 Å². The van der Waals surface area contributed by atoms with Gasteiger partial charge in [0.25, 0.3) is 5.91 Å². The van der Waals surface area contributed by atoms with Gasteiger partial charge >= 0.3 is 11.8 Å². The van der Waals surface area contributed by atoms with Crippen LogP contribution in [0.25, 0.3) is 11.0 Å². The van der Waals surface area contributed by atoms with Gasteiger partial charge in [-0.15, -0.1) is 0 Å². The van der Waals surface area contributed by atoms with E-state index in [0.717, 1.165) is 54.0 Å². The zero-order valence-electron chi connectivity index (χ0n) is 26.5. The molecule has 0 spiro atoms. The van der Waals surface area contributed by atoms with Gasteiger partial charge in [-0.25, -0.2) is 9.59 Å². The number of imidazole rings is 1. The molecule has 1 atom stereocenters. The lowest BCUT2D eigenvalue weighted by Gasteiger charge is -2.34. The summed E-state index contributed by atoms with van der Waals surface area (Å²) in [6.07, 6.45) is 3.47. The largest absolute Gasteiger partial charge is 0.444 e. The van der Waals surface area contributed by atoms with Crippen LogP contribution in [0.4, 0.5) is 10.5 Å². The molecule has 2 fully saturated rings. The molecule has 1 aromatic carbocycles. The number of nitrogens with one attached hydrogen (secondary N) is 1. The Labute approximate surface area is 254 Å². The van der Waals surface area contributed by atoms with Gasteiger partial charge in [0.1, 0.15) is 18.4 Å². The molecule has 236 valence electrons. The minimum absolute atomic E-state index is 0.0713. The molecule has 0 aliphatic carbocycles. The fraction of sp³-hybridized carbons (Fsp3) is 0.677. The summed E-state index contributed by atoms with van der Waals surface area (Å²) in [6, 6.07) is 4.34. The van der Waals surface area contributed by atoms with Crippen LogP contribution in [0, 0.1) is 0 Å². The molecule has 0 bridgehead atoms. The van der Waals surface area contributed by atoms with Crippen LogP contribution in [0.1, 0.15) is 64.5 Å². The number of benzene rings is 1. The number of likely N-dealkylation sites (tertiary alicyclic amines) is 2. The lowest BCUT2D eigenvalue weighted by Crippen LogP contribution is -2.48. The Morgan fingerprint density at radius 3 is 2.42 bits per heavy atom. The molecule has 0 radical (unpaired) electrons. The van der Waals surface area contributed by atoms with Crippen LogP contribution in [0.5, 0.6) is 0 Å². The number of nitrogens with zero attached hydrogens (tertiary/aromatic N) is 4. The molecule has 1 N–H and O–H groups in total. The maximum absolute atomic E-state index is 13.8. The Morgan fingerprint density at radius 1 is 1.02 bits per heavy atom. The molecule has 5 rings (SSSR count). The second-order valence-electron chi connectivity index (χ2n) is 14.3. The first-order chi connectivity index (χ1) is 20.2. The molecule has 4 heterocycles. The Morgan fingerprint density at radius 2 is 1.74 bits per heavy atom. The number of hydrogen-bond donors (Lipinski definition) is 1. The smallest absolute Gasteiger partial charge is 0.410 e. The molecule has 3 aliphatic heterocycles. The van der Waals surface area contributed by atoms with Crippen molar-refractivity contribution in [1.29, 1.82) is 0 Å². The average Bonchev–Trinajstić information content (AvgIpc) is 3.21. The Balaban J connectivity index is 1.33. The number of carbonyl (C=O) groups excluding carboxylic acids is 3. The van der Waals surface area contributed by atoms with E-state index in [1.807, 2.05) is 32.9 Å². The summed E-state index contributed by atoms with van der Waals surface area (Å²) in [5, 5.41) is 3.69. The van der Waals surface area contributed by atoms with Crippen LogP contribution in [0.3, 0.4) is 0 Å². The molecule has 1 unspecified atom stereocenters. The van der Waals surface area contributed by atoms with Crippen molar-refractivity contribution in [2.45, 2.75) is 109 Å². The number of ether oxygens (including phenoxy) is 2. The van der Waals surface area contributed by atoms with Gasteiger partial charge in [0.05, 0.1) is 11.0 Å². The van der Waals surface area contributed by atoms with Gasteiger partial charge in [-0.2, -0.15) is 0 Å². The van der Waals surface area contributed by atoms with E-state index in [1.165, 1.54) is 4.90 Å². The molecule has 11 nitrogen and oxygen atoms in total. The molecule has 0 saturated carbocycles. The molecule has 43 heavy (non-hydrogen) atoms. The van der Waals surface area contributed by atoms with E-state index in [1.54, 1.807) is 14.0 Å². The molecule has 1 aromatic heterocycles. The van der Waals surface area contributed by atoms with Crippen LogP contribution >= 0.6 is 0 Å². The number of imide groups is 1. The fourth-order valence-electron chi connectivity index (χ4n) is 6.24. The lowest BCUT2D eigenvalue weighted by atomic mass is 9.99. The van der Waals surface area contributed by atoms with Crippen LogP contribution in [-0.4, -0.2) is 83.0 Å². The fourth-order valence-corrected chi connectivity index (χ4v) is 7.00. The highest BCUT2D eigenvalue weighted by Crippen LogP contribution is 2.35. The molecule has 3 amide bonds. The number of carbonyl (C=O) groups is 3. The van der Waals surface area contributed by atoms with Gasteiger partial charge in [0, 0.05) is 58.0 Å². The van der Waals surface area contributed by atoms with Crippen molar-refractivity contribution in [3.8, 4) is 0 Å². The van der Waals surface area contributed by atoms with E-state index < -0.39 is 19.7 Å². The normalized spacial score (nSPS) is 20.2. The van der Waals surface area contributed by atoms with Gasteiger partial charge in [-0.1, -0.05) is 19.6 Å². The molecule has 2 saturated heterocycles. The third kappa shape index (κ3) is 6.85. The number of aromatic nitrogens is 2. The highest BCUT2D eigenvalue weighted by atomic mass is 28.3. The summed E-state index contributed by atoms with van der Waals surface area (Å²) in [5.41, 5.74) is 2.96. The summed E-state index contributed by atoms with van der Waals surface area (Å²) in [5.74, 6) is -0.620. The van der Waals surface area contributed by atoms with E-state index in [0.29, 0.717) is 32.7 Å². The zero-order valence-corrected chi connectivity index (χ0v) is 27.5. The maximum atomic E-state index is 13.8. The monoisotopic (exact) mass is 613 g/mol. The molecular formula is C31H47N5O6Si. The number of amides is 3. The summed E-state index contributed by atoms with van der Waals surface area (Å²) >= 11 is 0. The van der Waals surface area contributed by atoms with Crippen molar-refractivity contribution in [2.24, 2.45) is 0 Å². The first-order valence-corrected chi connectivity index (χ1v) is 19.4. The maximum Gasteiger partial charge on any atom is 0.410 e. The number of piperidine rings is 2. The third-order valence-electron chi connectivity index (χ3n) is 8.55. The first-order valence-electron chi connectivity index (χ1n) is 15.7. The molecule has 3 aliphatic rings. The van der Waals surface area contributed by atoms with Crippen molar-refractivity contribution in [2.75, 3.05) is 31.7 Å². The molecular weight excluding hydrogens is 566 g/mol. The molecule has 12 heteroatoms. The van der Waals surface area contributed by atoms with E-state index >= 15 is 0 Å². The summed E-state index contributed by atoms with van der Waals surface area (Å²) in [4.78, 5) is 55.6. The van der Waals surface area contributed by atoms with Crippen molar-refractivity contribution in [3.63, 3.8) is 0 Å². The van der Waals surface area contributed by atoms with Crippen molar-refractivity contribution in [1.82, 2.24) is 18.9 Å². The van der Waals surface area contributed by atoms with Crippen LogP contribution in [0.2, 0.25) is 25.7 Å². The zero-order chi connectivity index (χ0) is 31.1. The Bertz CT molecular complexity index is 1440. The first kappa shape index (κ1) is 31.3. The van der Waals surface area contributed by atoms with E-state index in [9.17, 15) is 19.2 Å². The van der Waals surface area contributed by atoms with Gasteiger partial charge < -0.3 is 19.7 Å². The standard InChI is InChI=1S/C31H47N5O6Si/c1-31(2,3)42-30(40)33-16-13-21(14-17-33)32-23-9-10-24-27-22(23)8-7-15-34(27)29(39)36(24)25-11-12-26(37)35(28(25)38)20-41-18-19-43(4,5)6/h9-10,21,25,32H,7-8,11-20H2,1-6H3. The summed E-state index contributed by atoms with van der Waals surface area (Å²) < 4.78 is 14.7. The van der Waals surface area contributed by atoms with Crippen molar-refractivity contribution < 1.29 is 23.9 Å². The number of hydrogen-bond acceptors (Lipinski definition) is 7. The second kappa shape index (κ2) is 12.1. The minimum atomic E-state index is -1.31. The quantitative estimate of drug-likeness (QED) is 0.264. The van der Waals surface area contributed by atoms with E-state index in [-0.39, 0.29) is 42.8 Å². The van der Waals surface area contributed by atoms with Gasteiger partial charge in [0.2, 0.25) is 5.91 Å².